The highest BCUT2D eigenvalue weighted by Crippen LogP contribution is 2.11. The van der Waals surface area contributed by atoms with Gasteiger partial charge in [-0.15, -0.1) is 0 Å². The molecule has 24 heavy (non-hydrogen) atoms. The molecule has 0 radical (unpaired) electrons. The number of amides is 1. The minimum Gasteiger partial charge on any atom is -0.326 e. The summed E-state index contributed by atoms with van der Waals surface area (Å²) < 4.78 is 0. The highest BCUT2D eigenvalue weighted by atomic mass is 35.5. The Bertz CT molecular complexity index is 699. The number of ketones is 1. The van der Waals surface area contributed by atoms with Gasteiger partial charge in [-0.3, -0.25) is 9.59 Å². The second kappa shape index (κ2) is 9.21. The zero-order chi connectivity index (χ0) is 17.4. The van der Waals surface area contributed by atoms with Crippen molar-refractivity contribution in [2.45, 2.75) is 19.8 Å². The van der Waals surface area contributed by atoms with Crippen LogP contribution in [0.25, 0.3) is 0 Å². The lowest BCUT2D eigenvalue weighted by Gasteiger charge is -2.07. The van der Waals surface area contributed by atoms with E-state index in [-0.39, 0.29) is 11.7 Å². The van der Waals surface area contributed by atoms with Gasteiger partial charge in [0.25, 0.3) is 0 Å². The van der Waals surface area contributed by atoms with Gasteiger partial charge in [-0.25, -0.2) is 0 Å². The van der Waals surface area contributed by atoms with E-state index in [1.165, 1.54) is 12.5 Å². The third kappa shape index (κ3) is 6.14. The van der Waals surface area contributed by atoms with E-state index in [1.807, 2.05) is 24.3 Å². The largest absolute Gasteiger partial charge is 0.326 e. The highest BCUT2D eigenvalue weighted by molar-refractivity contribution is 6.30. The fourth-order valence-electron chi connectivity index (χ4n) is 2.25. The maximum absolute atomic E-state index is 11.9. The number of hydrogen-bond donors (Lipinski definition) is 2. The lowest BCUT2D eigenvalue weighted by atomic mass is 10.1. The zero-order valence-corrected chi connectivity index (χ0v) is 14.4. The predicted molar refractivity (Wildman–Crippen MR) is 97.7 cm³/mol. The minimum atomic E-state index is -0.0744. The van der Waals surface area contributed by atoms with Crippen LogP contribution in [0.4, 0.5) is 5.69 Å². The minimum absolute atomic E-state index is 0.0186. The van der Waals surface area contributed by atoms with Crippen LogP contribution in [0.15, 0.2) is 48.5 Å². The number of nitrogens with one attached hydrogen (secondary N) is 2. The van der Waals surface area contributed by atoms with Crippen molar-refractivity contribution < 1.29 is 9.59 Å². The van der Waals surface area contributed by atoms with E-state index in [2.05, 4.69) is 10.6 Å². The van der Waals surface area contributed by atoms with Crippen LogP contribution < -0.4 is 10.6 Å². The summed E-state index contributed by atoms with van der Waals surface area (Å²) >= 11 is 5.85. The molecule has 2 rings (SSSR count). The van der Waals surface area contributed by atoms with E-state index in [4.69, 9.17) is 11.6 Å². The van der Waals surface area contributed by atoms with E-state index in [0.29, 0.717) is 24.2 Å². The second-order valence-electron chi connectivity index (χ2n) is 5.56. The SMILES string of the molecule is CC(=O)c1cccc(NC(=O)CCNCCc2ccc(Cl)cc2)c1. The average molecular weight is 345 g/mol. The van der Waals surface area contributed by atoms with Gasteiger partial charge in [-0.05, 0) is 49.7 Å². The van der Waals surface area contributed by atoms with Gasteiger partial charge in [0.2, 0.25) is 5.91 Å². The fourth-order valence-corrected chi connectivity index (χ4v) is 2.38. The molecule has 0 unspecified atom stereocenters. The molecule has 0 aliphatic rings. The monoisotopic (exact) mass is 344 g/mol. The first-order valence-corrected chi connectivity index (χ1v) is 8.28. The van der Waals surface area contributed by atoms with Gasteiger partial charge in [0.05, 0.1) is 0 Å². The number of carbonyl (C=O) groups excluding carboxylic acids is 2. The third-order valence-electron chi connectivity index (χ3n) is 3.59. The number of anilines is 1. The number of hydrogen-bond acceptors (Lipinski definition) is 3. The Morgan fingerprint density at radius 2 is 1.79 bits per heavy atom. The molecule has 2 N–H and O–H groups in total. The Balaban J connectivity index is 1.67. The maximum Gasteiger partial charge on any atom is 0.225 e. The van der Waals surface area contributed by atoms with Gasteiger partial charge in [0.1, 0.15) is 0 Å². The van der Waals surface area contributed by atoms with Crippen LogP contribution in [0.1, 0.15) is 29.3 Å². The number of halogens is 1. The van der Waals surface area contributed by atoms with E-state index in [0.717, 1.165) is 18.0 Å². The van der Waals surface area contributed by atoms with Crippen molar-refractivity contribution >= 4 is 29.0 Å². The maximum atomic E-state index is 11.9. The Morgan fingerprint density at radius 1 is 1.04 bits per heavy atom. The van der Waals surface area contributed by atoms with Crippen molar-refractivity contribution in [1.29, 1.82) is 0 Å². The molecule has 0 bridgehead atoms. The molecule has 0 fully saturated rings. The molecule has 0 saturated carbocycles. The van der Waals surface area contributed by atoms with Crippen LogP contribution in [0.2, 0.25) is 5.02 Å². The molecular weight excluding hydrogens is 324 g/mol. The summed E-state index contributed by atoms with van der Waals surface area (Å²) in [6.07, 6.45) is 1.27. The van der Waals surface area contributed by atoms with Crippen molar-refractivity contribution in [2.24, 2.45) is 0 Å². The zero-order valence-electron chi connectivity index (χ0n) is 13.6. The van der Waals surface area contributed by atoms with Crippen molar-refractivity contribution in [2.75, 3.05) is 18.4 Å². The van der Waals surface area contributed by atoms with Gasteiger partial charge in [-0.1, -0.05) is 35.9 Å². The second-order valence-corrected chi connectivity index (χ2v) is 6.00. The van der Waals surface area contributed by atoms with Crippen LogP contribution in [-0.4, -0.2) is 24.8 Å². The molecule has 0 heterocycles. The fraction of sp³-hybridized carbons (Fsp3) is 0.263. The van der Waals surface area contributed by atoms with Crippen molar-refractivity contribution in [3.63, 3.8) is 0 Å². The van der Waals surface area contributed by atoms with E-state index in [9.17, 15) is 9.59 Å². The Labute approximate surface area is 147 Å². The topological polar surface area (TPSA) is 58.2 Å². The first-order valence-electron chi connectivity index (χ1n) is 7.90. The van der Waals surface area contributed by atoms with Crippen LogP contribution in [-0.2, 0) is 11.2 Å². The van der Waals surface area contributed by atoms with Crippen molar-refractivity contribution in [3.8, 4) is 0 Å². The number of Topliss-reactive ketones (excluding diaryl/α,β-unsaturated/α-hetero) is 1. The molecule has 4 nitrogen and oxygen atoms in total. The number of benzene rings is 2. The van der Waals surface area contributed by atoms with Crippen LogP contribution in [0.3, 0.4) is 0 Å². The first-order chi connectivity index (χ1) is 11.5. The summed E-state index contributed by atoms with van der Waals surface area (Å²) in [5.74, 6) is -0.0929. The Morgan fingerprint density at radius 3 is 2.50 bits per heavy atom. The standard InChI is InChI=1S/C19H21ClN2O2/c1-14(23)16-3-2-4-18(13-16)22-19(24)10-12-21-11-9-15-5-7-17(20)8-6-15/h2-8,13,21H,9-12H2,1H3,(H,22,24). The van der Waals surface area contributed by atoms with E-state index in [1.54, 1.807) is 24.3 Å². The number of rotatable bonds is 8. The average Bonchev–Trinajstić information content (AvgIpc) is 2.56. The predicted octanol–water partition coefficient (Wildman–Crippen LogP) is 3.70. The summed E-state index contributed by atoms with van der Waals surface area (Å²) in [5, 5.41) is 6.79. The molecule has 0 atom stereocenters. The third-order valence-corrected chi connectivity index (χ3v) is 3.84. The summed E-state index contributed by atoms with van der Waals surface area (Å²) in [6, 6.07) is 14.7. The summed E-state index contributed by atoms with van der Waals surface area (Å²) in [5.41, 5.74) is 2.44. The van der Waals surface area contributed by atoms with Gasteiger partial charge in [0, 0.05) is 29.2 Å². The molecule has 0 spiro atoms. The molecule has 5 heteroatoms. The summed E-state index contributed by atoms with van der Waals surface area (Å²) in [7, 11) is 0. The quantitative estimate of drug-likeness (QED) is 0.567. The van der Waals surface area contributed by atoms with Crippen LogP contribution in [0, 0.1) is 0 Å². The molecule has 126 valence electrons. The molecule has 2 aromatic rings. The molecule has 2 aromatic carbocycles. The van der Waals surface area contributed by atoms with E-state index < -0.39 is 0 Å². The van der Waals surface area contributed by atoms with E-state index >= 15 is 0 Å². The highest BCUT2D eigenvalue weighted by Gasteiger charge is 2.04. The van der Waals surface area contributed by atoms with Gasteiger partial charge in [-0.2, -0.15) is 0 Å². The molecular formula is C19H21ClN2O2. The van der Waals surface area contributed by atoms with Crippen LogP contribution >= 0.6 is 11.6 Å². The Hall–Kier alpha value is -2.17. The lowest BCUT2D eigenvalue weighted by molar-refractivity contribution is -0.116. The van der Waals surface area contributed by atoms with Gasteiger partial charge in [0.15, 0.2) is 5.78 Å². The van der Waals surface area contributed by atoms with Crippen molar-refractivity contribution in [1.82, 2.24) is 5.32 Å². The molecule has 0 aromatic heterocycles. The van der Waals surface area contributed by atoms with Gasteiger partial charge < -0.3 is 10.6 Å². The molecule has 0 saturated heterocycles. The molecule has 1 amide bonds. The Kier molecular flexibility index (Phi) is 6.97. The first kappa shape index (κ1) is 18.2. The summed E-state index contributed by atoms with van der Waals surface area (Å²) in [6.45, 7) is 2.91. The van der Waals surface area contributed by atoms with Crippen LogP contribution in [0.5, 0.6) is 0 Å². The normalized spacial score (nSPS) is 10.4. The number of carbonyl (C=O) groups is 2. The summed E-state index contributed by atoms with van der Waals surface area (Å²) in [4.78, 5) is 23.2. The molecule has 0 aliphatic heterocycles. The lowest BCUT2D eigenvalue weighted by Crippen LogP contribution is -2.23. The van der Waals surface area contributed by atoms with Crippen molar-refractivity contribution in [3.05, 3.63) is 64.7 Å². The van der Waals surface area contributed by atoms with Gasteiger partial charge >= 0.3 is 0 Å². The smallest absolute Gasteiger partial charge is 0.225 e. The molecule has 0 aliphatic carbocycles.